The van der Waals surface area contributed by atoms with Gasteiger partial charge in [0.2, 0.25) is 5.95 Å². The Balaban J connectivity index is 1.39. The number of hydrogen-bond acceptors (Lipinski definition) is 7. The fraction of sp³-hybridized carbons (Fsp3) is 0.368. The van der Waals surface area contributed by atoms with Gasteiger partial charge in [-0.3, -0.25) is 9.59 Å². The van der Waals surface area contributed by atoms with Gasteiger partial charge < -0.3 is 15.0 Å². The maximum Gasteiger partial charge on any atom is 0.309 e. The van der Waals surface area contributed by atoms with E-state index in [1.807, 2.05) is 4.90 Å². The zero-order valence-electron chi connectivity index (χ0n) is 15.5. The predicted molar refractivity (Wildman–Crippen MR) is 105 cm³/mol. The summed E-state index contributed by atoms with van der Waals surface area (Å²) in [7, 11) is 0. The van der Waals surface area contributed by atoms with E-state index >= 15 is 0 Å². The number of nitrogens with zero attached hydrogens (tertiary/aromatic N) is 3. The van der Waals surface area contributed by atoms with Crippen molar-refractivity contribution in [1.82, 2.24) is 9.97 Å². The van der Waals surface area contributed by atoms with Crippen LogP contribution in [0.2, 0.25) is 0 Å². The summed E-state index contributed by atoms with van der Waals surface area (Å²) in [5.41, 5.74) is 0.445. The molecule has 1 aromatic carbocycles. The summed E-state index contributed by atoms with van der Waals surface area (Å²) in [4.78, 5) is 35.0. The number of hydrogen-bond donors (Lipinski definition) is 1. The molecular formula is C19H20F2N4O3S. The lowest BCUT2D eigenvalue weighted by atomic mass is 9.97. The van der Waals surface area contributed by atoms with Crippen LogP contribution in [0, 0.1) is 5.92 Å². The molecule has 0 bridgehead atoms. The first-order chi connectivity index (χ1) is 14.0. The number of aromatic nitrogens is 2. The van der Waals surface area contributed by atoms with Gasteiger partial charge in [0, 0.05) is 36.1 Å². The molecule has 0 spiro atoms. The quantitative estimate of drug-likeness (QED) is 0.542. The van der Waals surface area contributed by atoms with Crippen LogP contribution in [-0.4, -0.2) is 47.3 Å². The molecule has 1 amide bonds. The van der Waals surface area contributed by atoms with Gasteiger partial charge in [-0.05, 0) is 43.2 Å². The number of carbonyl (C=O) groups is 2. The number of thioether (sulfide) groups is 1. The van der Waals surface area contributed by atoms with Crippen molar-refractivity contribution >= 4 is 35.3 Å². The molecule has 2 heterocycles. The molecule has 7 nitrogen and oxygen atoms in total. The van der Waals surface area contributed by atoms with Crippen molar-refractivity contribution in [2.24, 2.45) is 5.92 Å². The molecule has 1 aliphatic rings. The van der Waals surface area contributed by atoms with Gasteiger partial charge in [0.15, 0.2) is 6.61 Å². The third kappa shape index (κ3) is 6.38. The minimum Gasteiger partial charge on any atom is -0.455 e. The molecule has 1 fully saturated rings. The summed E-state index contributed by atoms with van der Waals surface area (Å²) in [5.74, 6) is -3.02. The number of carbonyl (C=O) groups excluding carboxylic acids is 2. The maximum atomic E-state index is 12.3. The number of piperidine rings is 1. The normalized spacial score (nSPS) is 14.7. The number of ether oxygens (including phenoxy) is 1. The van der Waals surface area contributed by atoms with Crippen LogP contribution < -0.4 is 10.2 Å². The molecule has 2 aromatic rings. The molecule has 0 aliphatic carbocycles. The van der Waals surface area contributed by atoms with Crippen LogP contribution in [0.15, 0.2) is 47.6 Å². The second-order valence-electron chi connectivity index (χ2n) is 6.37. The van der Waals surface area contributed by atoms with Crippen LogP contribution in [0.1, 0.15) is 12.8 Å². The van der Waals surface area contributed by atoms with Gasteiger partial charge in [-0.15, -0.1) is 0 Å². The predicted octanol–water partition coefficient (Wildman–Crippen LogP) is 3.19. The highest BCUT2D eigenvalue weighted by Gasteiger charge is 2.27. The Morgan fingerprint density at radius 2 is 1.83 bits per heavy atom. The van der Waals surface area contributed by atoms with Crippen LogP contribution in [0.5, 0.6) is 0 Å². The smallest absolute Gasteiger partial charge is 0.309 e. The molecule has 0 radical (unpaired) electrons. The summed E-state index contributed by atoms with van der Waals surface area (Å²) in [6.45, 7) is 0.881. The van der Waals surface area contributed by atoms with Crippen molar-refractivity contribution in [3.8, 4) is 0 Å². The standard InChI is InChI=1S/C19H20F2N4O3S/c20-18(21)29-15-4-2-14(3-5-15)24-16(26)12-28-17(27)13-6-10-25(11-7-13)19-22-8-1-9-23-19/h1-5,8-9,13,18H,6-7,10-12H2,(H,24,26). The highest BCUT2D eigenvalue weighted by atomic mass is 32.2. The van der Waals surface area contributed by atoms with Gasteiger partial charge in [-0.25, -0.2) is 9.97 Å². The van der Waals surface area contributed by atoms with Gasteiger partial charge >= 0.3 is 5.97 Å². The highest BCUT2D eigenvalue weighted by molar-refractivity contribution is 7.99. The monoisotopic (exact) mass is 422 g/mol. The van der Waals surface area contributed by atoms with Crippen molar-refractivity contribution in [3.63, 3.8) is 0 Å². The van der Waals surface area contributed by atoms with E-state index < -0.39 is 24.2 Å². The van der Waals surface area contributed by atoms with E-state index in [0.717, 1.165) is 0 Å². The molecule has 1 aromatic heterocycles. The van der Waals surface area contributed by atoms with E-state index in [2.05, 4.69) is 15.3 Å². The Labute approximate surface area is 170 Å². The number of anilines is 2. The Bertz CT molecular complexity index is 816. The molecule has 1 N–H and O–H groups in total. The minimum atomic E-state index is -2.50. The van der Waals surface area contributed by atoms with Crippen molar-refractivity contribution in [2.75, 3.05) is 29.9 Å². The van der Waals surface area contributed by atoms with E-state index in [0.29, 0.717) is 54.2 Å². The molecule has 29 heavy (non-hydrogen) atoms. The molecule has 154 valence electrons. The largest absolute Gasteiger partial charge is 0.455 e. The van der Waals surface area contributed by atoms with Gasteiger partial charge in [0.25, 0.3) is 11.7 Å². The number of nitrogens with one attached hydrogen (secondary N) is 1. The number of rotatable bonds is 7. The van der Waals surface area contributed by atoms with Crippen LogP contribution in [0.3, 0.4) is 0 Å². The Morgan fingerprint density at radius 1 is 1.17 bits per heavy atom. The fourth-order valence-corrected chi connectivity index (χ4v) is 3.44. The average molecular weight is 422 g/mol. The van der Waals surface area contributed by atoms with Crippen molar-refractivity contribution in [2.45, 2.75) is 23.5 Å². The van der Waals surface area contributed by atoms with Gasteiger partial charge in [-0.2, -0.15) is 8.78 Å². The third-order valence-corrected chi connectivity index (χ3v) is 5.09. The molecule has 0 atom stereocenters. The van der Waals surface area contributed by atoms with Crippen LogP contribution in [-0.2, 0) is 14.3 Å². The summed E-state index contributed by atoms with van der Waals surface area (Å²) in [6, 6.07) is 7.76. The topological polar surface area (TPSA) is 84.4 Å². The molecule has 1 aliphatic heterocycles. The first kappa shape index (κ1) is 21.0. The van der Waals surface area contributed by atoms with Crippen LogP contribution >= 0.6 is 11.8 Å². The number of halogens is 2. The average Bonchev–Trinajstić information content (AvgIpc) is 2.74. The van der Waals surface area contributed by atoms with Gasteiger partial charge in [0.05, 0.1) is 5.92 Å². The lowest BCUT2D eigenvalue weighted by molar-refractivity contribution is -0.152. The van der Waals surface area contributed by atoms with Crippen molar-refractivity contribution in [3.05, 3.63) is 42.7 Å². The van der Waals surface area contributed by atoms with Gasteiger partial charge in [-0.1, -0.05) is 11.8 Å². The maximum absolute atomic E-state index is 12.3. The van der Waals surface area contributed by atoms with E-state index in [-0.39, 0.29) is 5.92 Å². The molecule has 10 heteroatoms. The van der Waals surface area contributed by atoms with Crippen LogP contribution in [0.4, 0.5) is 20.4 Å². The fourth-order valence-electron chi connectivity index (χ4n) is 2.94. The number of amides is 1. The minimum absolute atomic E-state index is 0.270. The zero-order chi connectivity index (χ0) is 20.6. The first-order valence-electron chi connectivity index (χ1n) is 9.04. The Kier molecular flexibility index (Phi) is 7.34. The highest BCUT2D eigenvalue weighted by Crippen LogP contribution is 2.26. The molecule has 1 saturated heterocycles. The molecule has 0 unspecified atom stereocenters. The molecule has 3 rings (SSSR count). The molecule has 0 saturated carbocycles. The Hall–Kier alpha value is -2.75. The van der Waals surface area contributed by atoms with Gasteiger partial charge in [0.1, 0.15) is 0 Å². The summed E-state index contributed by atoms with van der Waals surface area (Å²) in [6.07, 6.45) is 4.54. The summed E-state index contributed by atoms with van der Waals surface area (Å²) >= 11 is 0.428. The number of esters is 1. The van der Waals surface area contributed by atoms with E-state index in [1.165, 1.54) is 24.3 Å². The van der Waals surface area contributed by atoms with Crippen LogP contribution in [0.25, 0.3) is 0 Å². The van der Waals surface area contributed by atoms with Crippen molar-refractivity contribution in [1.29, 1.82) is 0 Å². The SMILES string of the molecule is O=C(COC(=O)C1CCN(c2ncccn2)CC1)Nc1ccc(SC(F)F)cc1. The lowest BCUT2D eigenvalue weighted by Gasteiger charge is -2.30. The molecular weight excluding hydrogens is 402 g/mol. The van der Waals surface area contributed by atoms with E-state index in [9.17, 15) is 18.4 Å². The Morgan fingerprint density at radius 3 is 2.45 bits per heavy atom. The second-order valence-corrected chi connectivity index (χ2v) is 7.43. The third-order valence-electron chi connectivity index (χ3n) is 4.37. The van der Waals surface area contributed by atoms with E-state index in [4.69, 9.17) is 4.74 Å². The lowest BCUT2D eigenvalue weighted by Crippen LogP contribution is -2.38. The first-order valence-corrected chi connectivity index (χ1v) is 9.92. The number of alkyl halides is 2. The second kappa shape index (κ2) is 10.1. The summed E-state index contributed by atoms with van der Waals surface area (Å²) < 4.78 is 29.7. The van der Waals surface area contributed by atoms with Crippen molar-refractivity contribution < 1.29 is 23.1 Å². The zero-order valence-corrected chi connectivity index (χ0v) is 16.3. The number of benzene rings is 1. The summed E-state index contributed by atoms with van der Waals surface area (Å²) in [5, 5.41) is 2.57. The van der Waals surface area contributed by atoms with E-state index in [1.54, 1.807) is 18.5 Å².